The summed E-state index contributed by atoms with van der Waals surface area (Å²) >= 11 is 0. The average molecular weight is 223 g/mol. The van der Waals surface area contributed by atoms with E-state index in [1.807, 2.05) is 6.92 Å². The smallest absolute Gasteiger partial charge is 0.308 e. The molecule has 0 unspecified atom stereocenters. The standard InChI is InChI=1S/C9H18N2O2.ClH/c1-2-13-9(12)7-3-5-8(11-10)6-4-7;/h7-8,11H,2-6,10H2,1H3;1H/t7-,8+;. The Bertz CT molecular complexity index is 170. The van der Waals surface area contributed by atoms with Crippen molar-refractivity contribution in [3.8, 4) is 0 Å². The van der Waals surface area contributed by atoms with Crippen LogP contribution in [-0.4, -0.2) is 18.6 Å². The highest BCUT2D eigenvalue weighted by molar-refractivity contribution is 5.85. The van der Waals surface area contributed by atoms with Gasteiger partial charge in [0.05, 0.1) is 12.5 Å². The molecule has 0 amide bonds. The van der Waals surface area contributed by atoms with E-state index >= 15 is 0 Å². The first kappa shape index (κ1) is 13.7. The Morgan fingerprint density at radius 3 is 2.43 bits per heavy atom. The molecular weight excluding hydrogens is 204 g/mol. The molecule has 1 aliphatic carbocycles. The third-order valence-corrected chi connectivity index (χ3v) is 2.58. The Morgan fingerprint density at radius 1 is 1.43 bits per heavy atom. The number of halogens is 1. The molecule has 0 bridgehead atoms. The van der Waals surface area contributed by atoms with E-state index in [1.165, 1.54) is 0 Å². The molecule has 1 aliphatic rings. The maximum atomic E-state index is 11.3. The van der Waals surface area contributed by atoms with Crippen LogP contribution < -0.4 is 11.3 Å². The van der Waals surface area contributed by atoms with E-state index < -0.39 is 0 Å². The van der Waals surface area contributed by atoms with Crippen molar-refractivity contribution in [3.63, 3.8) is 0 Å². The van der Waals surface area contributed by atoms with Crippen LogP contribution in [0.15, 0.2) is 0 Å². The molecule has 1 fully saturated rings. The first-order valence-corrected chi connectivity index (χ1v) is 4.90. The number of nitrogens with one attached hydrogen (secondary N) is 1. The number of rotatable bonds is 3. The first-order valence-electron chi connectivity index (χ1n) is 4.90. The Hall–Kier alpha value is -0.320. The highest BCUT2D eigenvalue weighted by Gasteiger charge is 2.26. The second kappa shape index (κ2) is 7.04. The second-order valence-electron chi connectivity index (χ2n) is 3.47. The van der Waals surface area contributed by atoms with Crippen molar-refractivity contribution in [2.45, 2.75) is 38.6 Å². The monoisotopic (exact) mass is 222 g/mol. The zero-order valence-electron chi connectivity index (χ0n) is 8.49. The van der Waals surface area contributed by atoms with Gasteiger partial charge in [-0.1, -0.05) is 0 Å². The summed E-state index contributed by atoms with van der Waals surface area (Å²) in [6, 6.07) is 0.380. The summed E-state index contributed by atoms with van der Waals surface area (Å²) in [5.74, 6) is 5.38. The summed E-state index contributed by atoms with van der Waals surface area (Å²) in [5.41, 5.74) is 2.74. The highest BCUT2D eigenvalue weighted by Crippen LogP contribution is 2.24. The normalized spacial score (nSPS) is 26.4. The largest absolute Gasteiger partial charge is 0.466 e. The summed E-state index contributed by atoms with van der Waals surface area (Å²) in [6.07, 6.45) is 3.74. The van der Waals surface area contributed by atoms with E-state index in [2.05, 4.69) is 5.43 Å². The first-order chi connectivity index (χ1) is 6.27. The Balaban J connectivity index is 0.00000169. The third-order valence-electron chi connectivity index (χ3n) is 2.58. The van der Waals surface area contributed by atoms with Crippen LogP contribution in [-0.2, 0) is 9.53 Å². The van der Waals surface area contributed by atoms with Gasteiger partial charge in [-0.3, -0.25) is 16.1 Å². The molecule has 5 heteroatoms. The van der Waals surface area contributed by atoms with Gasteiger partial charge < -0.3 is 4.74 Å². The lowest BCUT2D eigenvalue weighted by molar-refractivity contribution is -0.149. The molecular formula is C9H19ClN2O2. The van der Waals surface area contributed by atoms with Crippen molar-refractivity contribution in [2.75, 3.05) is 6.61 Å². The van der Waals surface area contributed by atoms with Crippen LogP contribution in [0.25, 0.3) is 0 Å². The zero-order valence-corrected chi connectivity index (χ0v) is 9.31. The van der Waals surface area contributed by atoms with Crippen molar-refractivity contribution >= 4 is 18.4 Å². The zero-order chi connectivity index (χ0) is 9.68. The average Bonchev–Trinajstić information content (AvgIpc) is 2.18. The molecule has 3 N–H and O–H groups in total. The van der Waals surface area contributed by atoms with E-state index in [-0.39, 0.29) is 24.3 Å². The van der Waals surface area contributed by atoms with E-state index in [4.69, 9.17) is 10.6 Å². The van der Waals surface area contributed by atoms with Gasteiger partial charge in [-0.05, 0) is 32.6 Å². The predicted octanol–water partition coefficient (Wildman–Crippen LogP) is 0.993. The van der Waals surface area contributed by atoms with Gasteiger partial charge in [0.1, 0.15) is 0 Å². The SMILES string of the molecule is CCOC(=O)[C@H]1CC[C@@H](NN)CC1.Cl. The molecule has 0 atom stereocenters. The van der Waals surface area contributed by atoms with Crippen molar-refractivity contribution in [2.24, 2.45) is 11.8 Å². The van der Waals surface area contributed by atoms with Crippen molar-refractivity contribution in [1.29, 1.82) is 0 Å². The second-order valence-corrected chi connectivity index (χ2v) is 3.47. The molecule has 1 rings (SSSR count). The molecule has 0 aromatic heterocycles. The lowest BCUT2D eigenvalue weighted by Gasteiger charge is -2.26. The number of hydrogen-bond donors (Lipinski definition) is 2. The Kier molecular flexibility index (Phi) is 6.87. The molecule has 14 heavy (non-hydrogen) atoms. The van der Waals surface area contributed by atoms with Crippen LogP contribution >= 0.6 is 12.4 Å². The topological polar surface area (TPSA) is 64.3 Å². The summed E-state index contributed by atoms with van der Waals surface area (Å²) < 4.78 is 4.96. The molecule has 0 saturated heterocycles. The quantitative estimate of drug-likeness (QED) is 0.425. The van der Waals surface area contributed by atoms with Gasteiger partial charge in [0.15, 0.2) is 0 Å². The number of hydrogen-bond acceptors (Lipinski definition) is 4. The molecule has 0 spiro atoms. The van der Waals surface area contributed by atoms with Crippen LogP contribution in [0.3, 0.4) is 0 Å². The minimum absolute atomic E-state index is 0. The number of hydrazine groups is 1. The van der Waals surface area contributed by atoms with E-state index in [0.717, 1.165) is 25.7 Å². The van der Waals surface area contributed by atoms with Crippen LogP contribution in [0, 0.1) is 5.92 Å². The Morgan fingerprint density at radius 2 is 2.00 bits per heavy atom. The van der Waals surface area contributed by atoms with Crippen molar-refractivity contribution in [1.82, 2.24) is 5.43 Å². The van der Waals surface area contributed by atoms with Gasteiger partial charge in [-0.2, -0.15) is 0 Å². The highest BCUT2D eigenvalue weighted by atomic mass is 35.5. The predicted molar refractivity (Wildman–Crippen MR) is 57.0 cm³/mol. The van der Waals surface area contributed by atoms with Crippen LogP contribution in [0.5, 0.6) is 0 Å². The van der Waals surface area contributed by atoms with Crippen LogP contribution in [0.4, 0.5) is 0 Å². The summed E-state index contributed by atoms with van der Waals surface area (Å²) in [7, 11) is 0. The lowest BCUT2D eigenvalue weighted by atomic mass is 9.86. The maximum absolute atomic E-state index is 11.3. The van der Waals surface area contributed by atoms with Crippen LogP contribution in [0.1, 0.15) is 32.6 Å². The molecule has 4 nitrogen and oxygen atoms in total. The number of carbonyl (C=O) groups excluding carboxylic acids is 1. The van der Waals surface area contributed by atoms with Crippen molar-refractivity contribution in [3.05, 3.63) is 0 Å². The van der Waals surface area contributed by atoms with Gasteiger partial charge >= 0.3 is 5.97 Å². The fraction of sp³-hybridized carbons (Fsp3) is 0.889. The molecule has 84 valence electrons. The van der Waals surface area contributed by atoms with E-state index in [1.54, 1.807) is 0 Å². The minimum Gasteiger partial charge on any atom is -0.466 e. The van der Waals surface area contributed by atoms with E-state index in [9.17, 15) is 4.79 Å². The van der Waals surface area contributed by atoms with Gasteiger partial charge in [-0.25, -0.2) is 0 Å². The lowest BCUT2D eigenvalue weighted by Crippen LogP contribution is -2.39. The van der Waals surface area contributed by atoms with Gasteiger partial charge in [0.25, 0.3) is 0 Å². The third kappa shape index (κ3) is 3.82. The van der Waals surface area contributed by atoms with Gasteiger partial charge in [0.2, 0.25) is 0 Å². The number of carbonyl (C=O) groups is 1. The molecule has 0 radical (unpaired) electrons. The van der Waals surface area contributed by atoms with Gasteiger partial charge in [-0.15, -0.1) is 12.4 Å². The number of nitrogens with two attached hydrogens (primary N) is 1. The summed E-state index contributed by atoms with van der Waals surface area (Å²) in [4.78, 5) is 11.3. The Labute approximate surface area is 90.9 Å². The maximum Gasteiger partial charge on any atom is 0.308 e. The van der Waals surface area contributed by atoms with E-state index in [0.29, 0.717) is 12.6 Å². The fourth-order valence-electron chi connectivity index (χ4n) is 1.76. The molecule has 0 aliphatic heterocycles. The fourth-order valence-corrected chi connectivity index (χ4v) is 1.76. The van der Waals surface area contributed by atoms with Crippen molar-refractivity contribution < 1.29 is 9.53 Å². The summed E-state index contributed by atoms with van der Waals surface area (Å²) in [5, 5.41) is 0. The van der Waals surface area contributed by atoms with Gasteiger partial charge in [0, 0.05) is 6.04 Å². The number of ether oxygens (including phenoxy) is 1. The number of esters is 1. The molecule has 0 aromatic rings. The van der Waals surface area contributed by atoms with Crippen LogP contribution in [0.2, 0.25) is 0 Å². The molecule has 0 aromatic carbocycles. The minimum atomic E-state index is -0.0435. The molecule has 1 saturated carbocycles. The molecule has 0 heterocycles. The summed E-state index contributed by atoms with van der Waals surface area (Å²) in [6.45, 7) is 2.32.